The van der Waals surface area contributed by atoms with Gasteiger partial charge in [0.25, 0.3) is 6.43 Å². The second-order valence-electron chi connectivity index (χ2n) is 7.24. The van der Waals surface area contributed by atoms with Crippen LogP contribution in [-0.2, 0) is 6.54 Å². The summed E-state index contributed by atoms with van der Waals surface area (Å²) in [6.45, 7) is -0.0157. The first-order valence-corrected chi connectivity index (χ1v) is 9.92. The summed E-state index contributed by atoms with van der Waals surface area (Å²) in [5.74, 6) is 0.0897. The number of rotatable bonds is 5. The number of nitrogens with zero attached hydrogens (tertiary/aromatic N) is 6. The molecule has 4 heterocycles. The Morgan fingerprint density at radius 3 is 2.48 bits per heavy atom. The van der Waals surface area contributed by atoms with Crippen molar-refractivity contribution in [1.82, 2.24) is 29.4 Å². The maximum absolute atomic E-state index is 13.1. The molecule has 0 saturated heterocycles. The van der Waals surface area contributed by atoms with Crippen LogP contribution in [0.4, 0.5) is 14.7 Å². The number of hydrogen-bond acceptors (Lipinski definition) is 6. The van der Waals surface area contributed by atoms with E-state index in [1.807, 2.05) is 30.3 Å². The highest BCUT2D eigenvalue weighted by molar-refractivity contribution is 5.88. The van der Waals surface area contributed by atoms with Crippen molar-refractivity contribution in [2.45, 2.75) is 13.0 Å². The maximum Gasteiger partial charge on any atom is 0.411 e. The lowest BCUT2D eigenvalue weighted by molar-refractivity contribution is -0.351. The number of nitrogen functional groups attached to an aromatic ring is 1. The van der Waals surface area contributed by atoms with Crippen molar-refractivity contribution >= 4 is 11.6 Å². The van der Waals surface area contributed by atoms with Gasteiger partial charge in [-0.25, -0.2) is 18.6 Å². The van der Waals surface area contributed by atoms with Crippen LogP contribution in [0.3, 0.4) is 0 Å². The van der Waals surface area contributed by atoms with Crippen molar-refractivity contribution < 1.29 is 13.8 Å². The number of aromatic amines is 1. The number of nitrogens with two attached hydrogens (primary N) is 1. The average Bonchev–Trinajstić information content (AvgIpc) is 3.16. The summed E-state index contributed by atoms with van der Waals surface area (Å²) in [6, 6.07) is 14.0. The number of pyridine rings is 1. The SMILES string of the molecule is Nc1[nH+]c(-c2ccccc2)c(-c2ccnnc2)c2nn(Cc3ccc(C(F)F)cn3)c(=O)n12. The van der Waals surface area contributed by atoms with Gasteiger partial charge in [0.1, 0.15) is 5.69 Å². The summed E-state index contributed by atoms with van der Waals surface area (Å²) >= 11 is 0. The molecule has 4 aromatic heterocycles. The Morgan fingerprint density at radius 1 is 1.00 bits per heavy atom. The molecule has 164 valence electrons. The topological polar surface area (TPSA) is 118 Å². The lowest BCUT2D eigenvalue weighted by atomic mass is 10.0. The number of alkyl halides is 2. The molecule has 0 aliphatic rings. The molecule has 0 bridgehead atoms. The van der Waals surface area contributed by atoms with Crippen molar-refractivity contribution in [1.29, 1.82) is 0 Å². The van der Waals surface area contributed by atoms with Crippen molar-refractivity contribution in [2.24, 2.45) is 0 Å². The molecule has 0 unspecified atom stereocenters. The maximum atomic E-state index is 13.1. The summed E-state index contributed by atoms with van der Waals surface area (Å²) in [4.78, 5) is 20.3. The first-order chi connectivity index (χ1) is 16.0. The Hall–Kier alpha value is -4.54. The minimum atomic E-state index is -2.62. The summed E-state index contributed by atoms with van der Waals surface area (Å²) in [6.07, 6.45) is 1.58. The molecule has 0 aliphatic heterocycles. The fraction of sp³-hybridized carbons (Fsp3) is 0.0909. The summed E-state index contributed by atoms with van der Waals surface area (Å²) in [7, 11) is 0. The molecule has 0 atom stereocenters. The van der Waals surface area contributed by atoms with Crippen LogP contribution in [0.1, 0.15) is 17.7 Å². The molecule has 0 saturated carbocycles. The highest BCUT2D eigenvalue weighted by Crippen LogP contribution is 2.31. The van der Waals surface area contributed by atoms with Gasteiger partial charge in [-0.1, -0.05) is 30.3 Å². The van der Waals surface area contributed by atoms with Crippen LogP contribution < -0.4 is 16.4 Å². The molecule has 1 aromatic carbocycles. The summed E-state index contributed by atoms with van der Waals surface area (Å²) in [5.41, 5.74) is 9.04. The third-order valence-electron chi connectivity index (χ3n) is 5.15. The van der Waals surface area contributed by atoms with Gasteiger partial charge < -0.3 is 0 Å². The molecule has 0 radical (unpaired) electrons. The van der Waals surface area contributed by atoms with Crippen LogP contribution in [0.25, 0.3) is 28.0 Å². The van der Waals surface area contributed by atoms with Crippen LogP contribution >= 0.6 is 0 Å². The molecular formula is C22H17F2N8O+. The van der Waals surface area contributed by atoms with Crippen molar-refractivity contribution in [3.05, 3.63) is 88.9 Å². The minimum absolute atomic E-state index is 0.0157. The van der Waals surface area contributed by atoms with E-state index in [1.165, 1.54) is 21.2 Å². The number of fused-ring (bicyclic) bond motifs is 1. The van der Waals surface area contributed by atoms with Gasteiger partial charge in [0.2, 0.25) is 5.65 Å². The van der Waals surface area contributed by atoms with Gasteiger partial charge in [-0.3, -0.25) is 10.7 Å². The van der Waals surface area contributed by atoms with Gasteiger partial charge in [-0.2, -0.15) is 14.9 Å². The molecule has 9 nitrogen and oxygen atoms in total. The molecule has 5 rings (SSSR count). The number of benzene rings is 1. The predicted molar refractivity (Wildman–Crippen MR) is 115 cm³/mol. The van der Waals surface area contributed by atoms with E-state index in [9.17, 15) is 13.6 Å². The van der Waals surface area contributed by atoms with Crippen molar-refractivity contribution in [3.8, 4) is 22.4 Å². The molecular weight excluding hydrogens is 430 g/mol. The van der Waals surface area contributed by atoms with Crippen LogP contribution in [0, 0.1) is 0 Å². The molecule has 0 aliphatic carbocycles. The highest BCUT2D eigenvalue weighted by Gasteiger charge is 2.26. The number of nitrogens with one attached hydrogen (secondary N) is 1. The normalized spacial score (nSPS) is 11.4. The summed E-state index contributed by atoms with van der Waals surface area (Å²) < 4.78 is 28.1. The molecule has 11 heteroatoms. The largest absolute Gasteiger partial charge is 0.411 e. The first-order valence-electron chi connectivity index (χ1n) is 9.92. The quantitative estimate of drug-likeness (QED) is 0.442. The van der Waals surface area contributed by atoms with E-state index in [4.69, 9.17) is 5.73 Å². The Bertz CT molecular complexity index is 1480. The van der Waals surface area contributed by atoms with E-state index in [2.05, 4.69) is 25.3 Å². The zero-order valence-electron chi connectivity index (χ0n) is 17.1. The fourth-order valence-electron chi connectivity index (χ4n) is 3.59. The number of aromatic nitrogens is 7. The Kier molecular flexibility index (Phi) is 5.05. The van der Waals surface area contributed by atoms with Gasteiger partial charge >= 0.3 is 11.6 Å². The van der Waals surface area contributed by atoms with E-state index in [1.54, 1.807) is 18.5 Å². The number of anilines is 1. The van der Waals surface area contributed by atoms with Gasteiger partial charge in [0.15, 0.2) is 0 Å². The van der Waals surface area contributed by atoms with Crippen LogP contribution in [0.2, 0.25) is 0 Å². The number of H-pyrrole nitrogens is 1. The van der Waals surface area contributed by atoms with Crippen LogP contribution in [0.15, 0.2) is 71.9 Å². The Morgan fingerprint density at radius 2 is 1.82 bits per heavy atom. The molecule has 5 aromatic rings. The van der Waals surface area contributed by atoms with Gasteiger partial charge in [-0.05, 0) is 18.2 Å². The molecule has 0 spiro atoms. The third kappa shape index (κ3) is 3.69. The average molecular weight is 447 g/mol. The second kappa shape index (κ2) is 8.19. The molecule has 3 N–H and O–H groups in total. The molecule has 33 heavy (non-hydrogen) atoms. The smallest absolute Gasteiger partial charge is 0.290 e. The van der Waals surface area contributed by atoms with Crippen molar-refractivity contribution in [3.63, 3.8) is 0 Å². The number of hydrogen-bond donors (Lipinski definition) is 1. The Balaban J connectivity index is 1.71. The Labute approximate surface area is 185 Å². The third-order valence-corrected chi connectivity index (χ3v) is 5.15. The van der Waals surface area contributed by atoms with Gasteiger partial charge in [0, 0.05) is 22.9 Å². The van der Waals surface area contributed by atoms with Crippen LogP contribution in [0.5, 0.6) is 0 Å². The van der Waals surface area contributed by atoms with E-state index in [-0.39, 0.29) is 18.1 Å². The van der Waals surface area contributed by atoms with Crippen LogP contribution in [-0.4, -0.2) is 29.4 Å². The van der Waals surface area contributed by atoms with Crippen molar-refractivity contribution in [2.75, 3.05) is 5.73 Å². The van der Waals surface area contributed by atoms with Gasteiger partial charge in [0.05, 0.1) is 30.2 Å². The first kappa shape index (κ1) is 20.4. The lowest BCUT2D eigenvalue weighted by Crippen LogP contribution is -2.28. The van der Waals surface area contributed by atoms with E-state index < -0.39 is 12.1 Å². The zero-order valence-corrected chi connectivity index (χ0v) is 17.1. The number of halogens is 2. The zero-order chi connectivity index (χ0) is 22.9. The predicted octanol–water partition coefficient (Wildman–Crippen LogP) is 2.40. The van der Waals surface area contributed by atoms with Gasteiger partial charge in [-0.15, -0.1) is 9.50 Å². The monoisotopic (exact) mass is 447 g/mol. The molecule has 0 fully saturated rings. The minimum Gasteiger partial charge on any atom is -0.290 e. The lowest BCUT2D eigenvalue weighted by Gasteiger charge is -2.08. The second-order valence-corrected chi connectivity index (χ2v) is 7.24. The fourth-order valence-corrected chi connectivity index (χ4v) is 3.59. The van der Waals surface area contributed by atoms with E-state index >= 15 is 0 Å². The highest BCUT2D eigenvalue weighted by atomic mass is 19.3. The summed E-state index contributed by atoms with van der Waals surface area (Å²) in [5, 5.41) is 12.3. The standard InChI is InChI=1S/C22H16F2N8O/c23-19(24)15-6-7-16(26-10-15)12-31-22(33)32-20(30-31)17(14-8-9-27-28-11-14)18(29-21(32)25)13-4-2-1-3-5-13/h1-11,19H,12H2,(H2,25,29)/p+1. The van der Waals surface area contributed by atoms with E-state index in [0.29, 0.717) is 28.2 Å². The van der Waals surface area contributed by atoms with E-state index in [0.717, 1.165) is 11.8 Å². The molecule has 0 amide bonds.